The highest BCUT2D eigenvalue weighted by molar-refractivity contribution is 5.50. The standard InChI is InChI=1S/C12H17NO2/c1-2-14-12-8-6-11(7-9-12)5-3-4-10-15-13/h3,5-9H,2,4,10,13H2,1H3/b5-3+. The van der Waals surface area contributed by atoms with Gasteiger partial charge in [0.1, 0.15) is 5.75 Å². The Morgan fingerprint density at radius 3 is 2.60 bits per heavy atom. The van der Waals surface area contributed by atoms with Gasteiger partial charge in [0, 0.05) is 0 Å². The van der Waals surface area contributed by atoms with E-state index in [1.54, 1.807) is 0 Å². The minimum absolute atomic E-state index is 0.549. The Bertz CT molecular complexity index is 293. The van der Waals surface area contributed by atoms with Crippen molar-refractivity contribution in [3.63, 3.8) is 0 Å². The van der Waals surface area contributed by atoms with Crippen LogP contribution in [0.25, 0.3) is 6.08 Å². The molecule has 0 bridgehead atoms. The first-order valence-corrected chi connectivity index (χ1v) is 5.08. The summed E-state index contributed by atoms with van der Waals surface area (Å²) >= 11 is 0. The second kappa shape index (κ2) is 7.04. The first kappa shape index (κ1) is 11.8. The van der Waals surface area contributed by atoms with Gasteiger partial charge in [-0.3, -0.25) is 0 Å². The molecule has 0 radical (unpaired) electrons. The summed E-state index contributed by atoms with van der Waals surface area (Å²) in [6.07, 6.45) is 4.89. The van der Waals surface area contributed by atoms with Crippen molar-refractivity contribution in [2.24, 2.45) is 5.90 Å². The van der Waals surface area contributed by atoms with E-state index in [0.717, 1.165) is 17.7 Å². The third-order valence-electron chi connectivity index (χ3n) is 1.90. The van der Waals surface area contributed by atoms with E-state index in [4.69, 9.17) is 10.6 Å². The maximum absolute atomic E-state index is 5.34. The Hall–Kier alpha value is -1.32. The van der Waals surface area contributed by atoms with Crippen LogP contribution in [0.15, 0.2) is 30.3 Å². The predicted molar refractivity (Wildman–Crippen MR) is 61.4 cm³/mol. The van der Waals surface area contributed by atoms with Crippen molar-refractivity contribution in [3.8, 4) is 5.75 Å². The van der Waals surface area contributed by atoms with Crippen LogP contribution in [0.1, 0.15) is 18.9 Å². The van der Waals surface area contributed by atoms with Crippen molar-refractivity contribution in [3.05, 3.63) is 35.9 Å². The summed E-state index contributed by atoms with van der Waals surface area (Å²) in [5.74, 6) is 5.81. The molecule has 0 saturated carbocycles. The van der Waals surface area contributed by atoms with Crippen molar-refractivity contribution < 1.29 is 9.57 Å². The molecule has 0 spiro atoms. The van der Waals surface area contributed by atoms with Crippen LogP contribution in [0.3, 0.4) is 0 Å². The zero-order valence-electron chi connectivity index (χ0n) is 8.98. The molecule has 3 nitrogen and oxygen atoms in total. The smallest absolute Gasteiger partial charge is 0.119 e. The van der Waals surface area contributed by atoms with Crippen LogP contribution < -0.4 is 10.6 Å². The van der Waals surface area contributed by atoms with E-state index in [2.05, 4.69) is 4.84 Å². The Morgan fingerprint density at radius 1 is 1.27 bits per heavy atom. The largest absolute Gasteiger partial charge is 0.494 e. The Morgan fingerprint density at radius 2 is 2.00 bits per heavy atom. The summed E-state index contributed by atoms with van der Waals surface area (Å²) in [5, 5.41) is 0. The van der Waals surface area contributed by atoms with Gasteiger partial charge in [-0.05, 0) is 31.0 Å². The highest BCUT2D eigenvalue weighted by Gasteiger charge is 1.90. The van der Waals surface area contributed by atoms with Crippen LogP contribution in [0.5, 0.6) is 5.75 Å². The van der Waals surface area contributed by atoms with Crippen LogP contribution in [0.4, 0.5) is 0 Å². The molecule has 1 aromatic carbocycles. The van der Waals surface area contributed by atoms with Crippen molar-refractivity contribution in [2.75, 3.05) is 13.2 Å². The third-order valence-corrected chi connectivity index (χ3v) is 1.90. The van der Waals surface area contributed by atoms with E-state index in [1.165, 1.54) is 0 Å². The molecule has 0 fully saturated rings. The molecule has 15 heavy (non-hydrogen) atoms. The minimum atomic E-state index is 0.549. The lowest BCUT2D eigenvalue weighted by Crippen LogP contribution is -1.98. The Kier molecular flexibility index (Phi) is 5.51. The third kappa shape index (κ3) is 4.63. The van der Waals surface area contributed by atoms with Crippen molar-refractivity contribution in [1.82, 2.24) is 0 Å². The lowest BCUT2D eigenvalue weighted by Gasteiger charge is -2.02. The van der Waals surface area contributed by atoms with Crippen LogP contribution in [0.2, 0.25) is 0 Å². The van der Waals surface area contributed by atoms with Gasteiger partial charge in [0.15, 0.2) is 0 Å². The van der Waals surface area contributed by atoms with Crippen molar-refractivity contribution >= 4 is 6.08 Å². The van der Waals surface area contributed by atoms with Crippen molar-refractivity contribution in [2.45, 2.75) is 13.3 Å². The van der Waals surface area contributed by atoms with Gasteiger partial charge in [-0.1, -0.05) is 24.3 Å². The van der Waals surface area contributed by atoms with E-state index in [1.807, 2.05) is 43.3 Å². The van der Waals surface area contributed by atoms with Crippen LogP contribution in [-0.4, -0.2) is 13.2 Å². The summed E-state index contributed by atoms with van der Waals surface area (Å²) in [4.78, 5) is 4.46. The summed E-state index contributed by atoms with van der Waals surface area (Å²) < 4.78 is 5.34. The topological polar surface area (TPSA) is 44.5 Å². The molecule has 0 aliphatic rings. The molecule has 82 valence electrons. The zero-order valence-corrected chi connectivity index (χ0v) is 8.98. The van der Waals surface area contributed by atoms with Gasteiger partial charge in [-0.2, -0.15) is 0 Å². The fourth-order valence-corrected chi connectivity index (χ4v) is 1.20. The average molecular weight is 207 g/mol. The second-order valence-electron chi connectivity index (χ2n) is 3.06. The fourth-order valence-electron chi connectivity index (χ4n) is 1.20. The first-order valence-electron chi connectivity index (χ1n) is 5.08. The van der Waals surface area contributed by atoms with E-state index in [-0.39, 0.29) is 0 Å². The molecular weight excluding hydrogens is 190 g/mol. The molecular formula is C12H17NO2. The molecule has 1 rings (SSSR count). The lowest BCUT2D eigenvalue weighted by molar-refractivity contribution is 0.143. The molecule has 3 heteroatoms. The molecule has 0 atom stereocenters. The number of benzene rings is 1. The quantitative estimate of drug-likeness (QED) is 0.575. The van der Waals surface area contributed by atoms with Gasteiger partial charge in [0.05, 0.1) is 13.2 Å². The molecule has 0 unspecified atom stereocenters. The molecule has 0 aliphatic heterocycles. The molecule has 0 saturated heterocycles. The predicted octanol–water partition coefficient (Wildman–Crippen LogP) is 2.38. The second-order valence-corrected chi connectivity index (χ2v) is 3.06. The lowest BCUT2D eigenvalue weighted by atomic mass is 10.2. The highest BCUT2D eigenvalue weighted by Crippen LogP contribution is 2.13. The molecule has 0 aliphatic carbocycles. The van der Waals surface area contributed by atoms with Gasteiger partial charge in [0.25, 0.3) is 0 Å². The number of hydrogen-bond donors (Lipinski definition) is 1. The van der Waals surface area contributed by atoms with E-state index >= 15 is 0 Å². The van der Waals surface area contributed by atoms with E-state index in [0.29, 0.717) is 13.2 Å². The molecule has 0 aromatic heterocycles. The molecule has 1 aromatic rings. The normalized spacial score (nSPS) is 10.8. The van der Waals surface area contributed by atoms with E-state index < -0.39 is 0 Å². The Labute approximate surface area is 90.5 Å². The van der Waals surface area contributed by atoms with Gasteiger partial charge < -0.3 is 9.57 Å². The monoisotopic (exact) mass is 207 g/mol. The SMILES string of the molecule is CCOc1ccc(/C=C/CCON)cc1. The number of hydrogen-bond acceptors (Lipinski definition) is 3. The molecule has 0 heterocycles. The minimum Gasteiger partial charge on any atom is -0.494 e. The number of ether oxygens (including phenoxy) is 1. The fraction of sp³-hybridized carbons (Fsp3) is 0.333. The van der Waals surface area contributed by atoms with Gasteiger partial charge >= 0.3 is 0 Å². The molecule has 0 amide bonds. The average Bonchev–Trinajstić information content (AvgIpc) is 2.27. The Balaban J connectivity index is 2.45. The van der Waals surface area contributed by atoms with Crippen molar-refractivity contribution in [1.29, 1.82) is 0 Å². The summed E-state index contributed by atoms with van der Waals surface area (Å²) in [7, 11) is 0. The summed E-state index contributed by atoms with van der Waals surface area (Å²) in [6, 6.07) is 7.96. The van der Waals surface area contributed by atoms with Crippen LogP contribution >= 0.6 is 0 Å². The summed E-state index contributed by atoms with van der Waals surface area (Å²) in [5.41, 5.74) is 1.15. The first-order chi connectivity index (χ1) is 7.36. The maximum atomic E-state index is 5.34. The van der Waals surface area contributed by atoms with E-state index in [9.17, 15) is 0 Å². The van der Waals surface area contributed by atoms with Gasteiger partial charge in [0.2, 0.25) is 0 Å². The maximum Gasteiger partial charge on any atom is 0.119 e. The van der Waals surface area contributed by atoms with Crippen LogP contribution in [0, 0.1) is 0 Å². The van der Waals surface area contributed by atoms with Gasteiger partial charge in [-0.25, -0.2) is 5.90 Å². The van der Waals surface area contributed by atoms with Gasteiger partial charge in [-0.15, -0.1) is 0 Å². The highest BCUT2D eigenvalue weighted by atomic mass is 16.6. The number of nitrogens with two attached hydrogens (primary N) is 1. The summed E-state index contributed by atoms with van der Waals surface area (Å²) in [6.45, 7) is 3.22. The zero-order chi connectivity index (χ0) is 10.9. The van der Waals surface area contributed by atoms with Crippen LogP contribution in [-0.2, 0) is 4.84 Å². The number of rotatable bonds is 6. The molecule has 2 N–H and O–H groups in total.